The van der Waals surface area contributed by atoms with Crippen LogP contribution in [0.5, 0.6) is 0 Å². The summed E-state index contributed by atoms with van der Waals surface area (Å²) in [7, 11) is 0. The van der Waals surface area contributed by atoms with E-state index in [4.69, 9.17) is 5.73 Å². The maximum Gasteiger partial charge on any atom is 0.326 e. The fourth-order valence-electron chi connectivity index (χ4n) is 3.04. The molecule has 3 amide bonds. The van der Waals surface area contributed by atoms with Gasteiger partial charge >= 0.3 is 5.97 Å². The van der Waals surface area contributed by atoms with E-state index in [2.05, 4.69) is 25.9 Å². The van der Waals surface area contributed by atoms with Gasteiger partial charge < -0.3 is 36.9 Å². The van der Waals surface area contributed by atoms with Gasteiger partial charge in [0, 0.05) is 18.3 Å². The summed E-state index contributed by atoms with van der Waals surface area (Å²) in [5, 5.41) is 26.4. The molecule has 33 heavy (non-hydrogen) atoms. The summed E-state index contributed by atoms with van der Waals surface area (Å²) in [4.78, 5) is 56.0. The number of aliphatic hydroxyl groups is 1. The lowest BCUT2D eigenvalue weighted by molar-refractivity contribution is -0.142. The number of aromatic amines is 1. The number of aliphatic hydroxyl groups excluding tert-OH is 1. The van der Waals surface area contributed by atoms with Crippen LogP contribution in [0.4, 0.5) is 0 Å². The van der Waals surface area contributed by atoms with Crippen LogP contribution in [0.15, 0.2) is 12.5 Å². The van der Waals surface area contributed by atoms with Gasteiger partial charge in [-0.2, -0.15) is 0 Å². The number of nitrogens with one attached hydrogen (secondary N) is 4. The number of carbonyl (C=O) groups is 4. The SMILES string of the molecule is CCC(C)C(N)C(=O)NC(CC(C)C)C(=O)NC(CO)C(=O)NC(Cc1cnc[nH]1)C(=O)O. The van der Waals surface area contributed by atoms with Gasteiger partial charge in [-0.1, -0.05) is 34.1 Å². The Balaban J connectivity index is 2.86. The fourth-order valence-corrected chi connectivity index (χ4v) is 3.04. The minimum absolute atomic E-state index is 0.0353. The van der Waals surface area contributed by atoms with E-state index in [1.165, 1.54) is 12.5 Å². The minimum Gasteiger partial charge on any atom is -0.480 e. The second kappa shape index (κ2) is 13.5. The van der Waals surface area contributed by atoms with Gasteiger partial charge in [-0.15, -0.1) is 0 Å². The van der Waals surface area contributed by atoms with E-state index in [0.717, 1.165) is 0 Å². The van der Waals surface area contributed by atoms with E-state index in [9.17, 15) is 29.4 Å². The molecule has 0 aliphatic carbocycles. The quantitative estimate of drug-likeness (QED) is 0.178. The average Bonchev–Trinajstić information content (AvgIpc) is 3.27. The van der Waals surface area contributed by atoms with Crippen LogP contribution in [0.3, 0.4) is 0 Å². The van der Waals surface area contributed by atoms with Crippen LogP contribution in [0.1, 0.15) is 46.2 Å². The van der Waals surface area contributed by atoms with Crippen molar-refractivity contribution in [2.45, 2.75) is 71.1 Å². The molecule has 0 aromatic carbocycles. The highest BCUT2D eigenvalue weighted by molar-refractivity contribution is 5.94. The van der Waals surface area contributed by atoms with E-state index in [1.807, 2.05) is 27.7 Å². The number of carboxylic acid groups (broad SMARTS) is 1. The summed E-state index contributed by atoms with van der Waals surface area (Å²) in [6, 6.07) is -4.48. The van der Waals surface area contributed by atoms with Crippen molar-refractivity contribution in [3.8, 4) is 0 Å². The van der Waals surface area contributed by atoms with Crippen LogP contribution in [-0.2, 0) is 25.6 Å². The smallest absolute Gasteiger partial charge is 0.326 e. The predicted octanol–water partition coefficient (Wildman–Crippen LogP) is -1.10. The molecule has 0 saturated carbocycles. The highest BCUT2D eigenvalue weighted by atomic mass is 16.4. The zero-order valence-corrected chi connectivity index (χ0v) is 19.5. The summed E-state index contributed by atoms with van der Waals surface area (Å²) >= 11 is 0. The topological polar surface area (TPSA) is 200 Å². The Hall–Kier alpha value is -2.99. The molecule has 1 heterocycles. The van der Waals surface area contributed by atoms with Gasteiger partial charge in [-0.25, -0.2) is 9.78 Å². The maximum atomic E-state index is 12.8. The third kappa shape index (κ3) is 9.18. The van der Waals surface area contributed by atoms with E-state index in [1.54, 1.807) is 0 Å². The van der Waals surface area contributed by atoms with Crippen molar-refractivity contribution in [1.29, 1.82) is 0 Å². The highest BCUT2D eigenvalue weighted by Crippen LogP contribution is 2.09. The summed E-state index contributed by atoms with van der Waals surface area (Å²) in [5.74, 6) is -3.38. The van der Waals surface area contributed by atoms with E-state index < -0.39 is 54.5 Å². The van der Waals surface area contributed by atoms with E-state index in [-0.39, 0.29) is 24.7 Å². The van der Waals surface area contributed by atoms with Gasteiger partial charge in [0.2, 0.25) is 17.7 Å². The third-order valence-corrected chi connectivity index (χ3v) is 5.31. The standard InChI is InChI=1S/C21H36N6O6/c1-5-12(4)17(22)20(31)25-14(6-11(2)3)18(29)27-16(9-28)19(30)26-15(21(32)33)7-13-8-23-10-24-13/h8,10-12,14-17,28H,5-7,9,22H2,1-4H3,(H,23,24)(H,25,31)(H,26,30)(H,27,29)(H,32,33). The first kappa shape index (κ1) is 28.0. The lowest BCUT2D eigenvalue weighted by atomic mass is 9.97. The Morgan fingerprint density at radius 2 is 1.61 bits per heavy atom. The molecule has 0 saturated heterocycles. The van der Waals surface area contributed by atoms with Gasteiger partial charge in [0.05, 0.1) is 19.0 Å². The summed E-state index contributed by atoms with van der Waals surface area (Å²) in [5.41, 5.74) is 6.44. The van der Waals surface area contributed by atoms with Crippen LogP contribution in [0.25, 0.3) is 0 Å². The predicted molar refractivity (Wildman–Crippen MR) is 120 cm³/mol. The van der Waals surface area contributed by atoms with Crippen LogP contribution < -0.4 is 21.7 Å². The molecule has 0 bridgehead atoms. The molecule has 186 valence electrons. The number of H-pyrrole nitrogens is 1. The van der Waals surface area contributed by atoms with Crippen molar-refractivity contribution in [1.82, 2.24) is 25.9 Å². The van der Waals surface area contributed by atoms with Gasteiger partial charge in [0.25, 0.3) is 0 Å². The molecular weight excluding hydrogens is 432 g/mol. The number of aliphatic carboxylic acids is 1. The molecule has 0 radical (unpaired) electrons. The lowest BCUT2D eigenvalue weighted by Gasteiger charge is -2.26. The number of aromatic nitrogens is 2. The third-order valence-electron chi connectivity index (χ3n) is 5.31. The Bertz CT molecular complexity index is 784. The van der Waals surface area contributed by atoms with Gasteiger partial charge in [-0.05, 0) is 18.3 Å². The number of amides is 3. The molecule has 0 aliphatic heterocycles. The van der Waals surface area contributed by atoms with Crippen molar-refractivity contribution < 1.29 is 29.4 Å². The number of nitrogens with two attached hydrogens (primary N) is 1. The van der Waals surface area contributed by atoms with Crippen LogP contribution >= 0.6 is 0 Å². The minimum atomic E-state index is -1.41. The van der Waals surface area contributed by atoms with Crippen molar-refractivity contribution in [3.63, 3.8) is 0 Å². The molecule has 1 aromatic rings. The Labute approximate surface area is 193 Å². The van der Waals surface area contributed by atoms with Crippen molar-refractivity contribution >= 4 is 23.7 Å². The lowest BCUT2D eigenvalue weighted by Crippen LogP contribution is -2.58. The number of nitrogens with zero attached hydrogens (tertiary/aromatic N) is 1. The molecule has 1 rings (SSSR count). The molecule has 0 fully saturated rings. The number of rotatable bonds is 14. The molecule has 5 atom stereocenters. The number of imidazole rings is 1. The Morgan fingerprint density at radius 3 is 2.09 bits per heavy atom. The molecule has 0 spiro atoms. The molecule has 0 aliphatic rings. The van der Waals surface area contributed by atoms with Gasteiger partial charge in [0.1, 0.15) is 18.1 Å². The zero-order chi connectivity index (χ0) is 25.1. The molecular formula is C21H36N6O6. The molecule has 12 nitrogen and oxygen atoms in total. The Kier molecular flexibility index (Phi) is 11.5. The number of hydrogen-bond donors (Lipinski definition) is 7. The van der Waals surface area contributed by atoms with Gasteiger partial charge in [-0.3, -0.25) is 14.4 Å². The maximum absolute atomic E-state index is 12.8. The zero-order valence-electron chi connectivity index (χ0n) is 19.5. The van der Waals surface area contributed by atoms with Crippen LogP contribution in [-0.4, -0.2) is 74.6 Å². The number of carbonyl (C=O) groups excluding carboxylic acids is 3. The number of hydrogen-bond acceptors (Lipinski definition) is 7. The highest BCUT2D eigenvalue weighted by Gasteiger charge is 2.31. The summed E-state index contributed by atoms with van der Waals surface area (Å²) in [6.45, 7) is 6.70. The second-order valence-corrected chi connectivity index (χ2v) is 8.53. The first-order valence-corrected chi connectivity index (χ1v) is 11.0. The van der Waals surface area contributed by atoms with Crippen LogP contribution in [0.2, 0.25) is 0 Å². The molecule has 1 aromatic heterocycles. The molecule has 8 N–H and O–H groups in total. The van der Waals surface area contributed by atoms with Crippen molar-refractivity contribution in [2.24, 2.45) is 17.6 Å². The number of carboxylic acids is 1. The van der Waals surface area contributed by atoms with Crippen molar-refractivity contribution in [3.05, 3.63) is 18.2 Å². The van der Waals surface area contributed by atoms with Crippen LogP contribution in [0, 0.1) is 11.8 Å². The largest absolute Gasteiger partial charge is 0.480 e. The normalized spacial score (nSPS) is 15.7. The molecule has 5 unspecified atom stereocenters. The van der Waals surface area contributed by atoms with E-state index >= 15 is 0 Å². The molecule has 12 heteroatoms. The summed E-state index contributed by atoms with van der Waals surface area (Å²) < 4.78 is 0. The van der Waals surface area contributed by atoms with Crippen molar-refractivity contribution in [2.75, 3.05) is 6.61 Å². The first-order chi connectivity index (χ1) is 15.5. The Morgan fingerprint density at radius 1 is 1.03 bits per heavy atom. The average molecular weight is 469 g/mol. The van der Waals surface area contributed by atoms with E-state index in [0.29, 0.717) is 12.1 Å². The van der Waals surface area contributed by atoms with Gasteiger partial charge in [0.15, 0.2) is 0 Å². The monoisotopic (exact) mass is 468 g/mol. The fraction of sp³-hybridized carbons (Fsp3) is 0.667. The first-order valence-electron chi connectivity index (χ1n) is 11.0. The summed E-state index contributed by atoms with van der Waals surface area (Å²) in [6.07, 6.45) is 3.71. The second-order valence-electron chi connectivity index (χ2n) is 8.53.